The molecule has 0 atom stereocenters. The fourth-order valence-corrected chi connectivity index (χ4v) is 2.42. The van der Waals surface area contributed by atoms with Crippen LogP contribution in [0.1, 0.15) is 10.6 Å². The number of hydrogen-bond acceptors (Lipinski definition) is 3. The molecule has 2 aromatic carbocycles. The highest BCUT2D eigenvalue weighted by Gasteiger charge is 2.13. The molecule has 116 valence electrons. The van der Waals surface area contributed by atoms with Gasteiger partial charge in [-0.25, -0.2) is 0 Å². The van der Waals surface area contributed by atoms with Gasteiger partial charge in [-0.2, -0.15) is 0 Å². The van der Waals surface area contributed by atoms with Crippen molar-refractivity contribution in [3.8, 4) is 11.7 Å². The molecule has 3 rings (SSSR count). The molecule has 0 unspecified atom stereocenters. The molecule has 0 aliphatic rings. The molecular weight excluding hydrogens is 337 g/mol. The van der Waals surface area contributed by atoms with Gasteiger partial charge in [0.05, 0.1) is 0 Å². The zero-order chi connectivity index (χ0) is 16.2. The average Bonchev–Trinajstić information content (AvgIpc) is 2.96. The van der Waals surface area contributed by atoms with Gasteiger partial charge in [0.15, 0.2) is 5.76 Å². The number of anilines is 1. The van der Waals surface area contributed by atoms with Crippen LogP contribution < -0.4 is 10.1 Å². The lowest BCUT2D eigenvalue weighted by atomic mass is 10.3. The van der Waals surface area contributed by atoms with Crippen molar-refractivity contribution in [2.45, 2.75) is 0 Å². The van der Waals surface area contributed by atoms with E-state index in [2.05, 4.69) is 5.32 Å². The largest absolute Gasteiger partial charge is 0.426 e. The van der Waals surface area contributed by atoms with E-state index in [-0.39, 0.29) is 17.6 Å². The van der Waals surface area contributed by atoms with Crippen LogP contribution >= 0.6 is 23.2 Å². The summed E-state index contributed by atoms with van der Waals surface area (Å²) in [5, 5.41) is 3.61. The lowest BCUT2D eigenvalue weighted by Crippen LogP contribution is -2.10. The minimum Gasteiger partial charge on any atom is -0.426 e. The van der Waals surface area contributed by atoms with E-state index in [1.54, 1.807) is 36.4 Å². The summed E-state index contributed by atoms with van der Waals surface area (Å²) in [6.45, 7) is 0. The molecule has 1 aromatic heterocycles. The Bertz CT molecular complexity index is 811. The molecule has 3 aromatic rings. The molecule has 0 spiro atoms. The Morgan fingerprint density at radius 2 is 1.65 bits per heavy atom. The maximum absolute atomic E-state index is 12.1. The van der Waals surface area contributed by atoms with Gasteiger partial charge in [0, 0.05) is 21.8 Å². The molecule has 0 aliphatic heterocycles. The lowest BCUT2D eigenvalue weighted by molar-refractivity contribution is 0.0992. The van der Waals surface area contributed by atoms with Gasteiger partial charge in [-0.05, 0) is 36.4 Å². The summed E-state index contributed by atoms with van der Waals surface area (Å²) in [6.07, 6.45) is 0. The molecule has 6 heteroatoms. The molecule has 1 amide bonds. The van der Waals surface area contributed by atoms with E-state index in [1.165, 1.54) is 6.07 Å². The predicted molar refractivity (Wildman–Crippen MR) is 89.6 cm³/mol. The Morgan fingerprint density at radius 1 is 0.957 bits per heavy atom. The van der Waals surface area contributed by atoms with Gasteiger partial charge in [-0.15, -0.1) is 0 Å². The van der Waals surface area contributed by atoms with Crippen molar-refractivity contribution >= 4 is 34.8 Å². The number of rotatable bonds is 4. The van der Waals surface area contributed by atoms with Crippen LogP contribution in [0.4, 0.5) is 5.69 Å². The maximum atomic E-state index is 12.1. The maximum Gasteiger partial charge on any atom is 0.291 e. The molecule has 1 N–H and O–H groups in total. The molecule has 23 heavy (non-hydrogen) atoms. The number of nitrogens with one attached hydrogen (secondary N) is 1. The fourth-order valence-electron chi connectivity index (χ4n) is 1.91. The second-order valence-electron chi connectivity index (χ2n) is 4.65. The number of carbonyl (C=O) groups is 1. The Kier molecular flexibility index (Phi) is 4.55. The van der Waals surface area contributed by atoms with E-state index in [4.69, 9.17) is 32.4 Å². The first-order chi connectivity index (χ1) is 11.1. The van der Waals surface area contributed by atoms with Crippen LogP contribution in [-0.2, 0) is 0 Å². The molecule has 0 fully saturated rings. The third kappa shape index (κ3) is 4.06. The topological polar surface area (TPSA) is 51.5 Å². The van der Waals surface area contributed by atoms with Gasteiger partial charge in [-0.1, -0.05) is 41.4 Å². The van der Waals surface area contributed by atoms with Crippen LogP contribution in [0.5, 0.6) is 11.7 Å². The van der Waals surface area contributed by atoms with Crippen molar-refractivity contribution in [2.24, 2.45) is 0 Å². The van der Waals surface area contributed by atoms with Crippen LogP contribution in [0, 0.1) is 0 Å². The molecule has 0 saturated carbocycles. The van der Waals surface area contributed by atoms with Crippen molar-refractivity contribution in [3.05, 3.63) is 76.5 Å². The summed E-state index contributed by atoms with van der Waals surface area (Å²) < 4.78 is 10.9. The molecule has 4 nitrogen and oxygen atoms in total. The lowest BCUT2D eigenvalue weighted by Gasteiger charge is -2.04. The first-order valence-electron chi connectivity index (χ1n) is 6.70. The number of benzene rings is 2. The van der Waals surface area contributed by atoms with Crippen molar-refractivity contribution < 1.29 is 13.9 Å². The average molecular weight is 348 g/mol. The molecular formula is C17H11Cl2NO3. The predicted octanol–water partition coefficient (Wildman–Crippen LogP) is 5.63. The van der Waals surface area contributed by atoms with Crippen molar-refractivity contribution in [2.75, 3.05) is 5.32 Å². The number of halogens is 2. The van der Waals surface area contributed by atoms with E-state index >= 15 is 0 Å². The van der Waals surface area contributed by atoms with Crippen LogP contribution in [0.3, 0.4) is 0 Å². The van der Waals surface area contributed by atoms with Gasteiger partial charge in [0.1, 0.15) is 5.75 Å². The van der Waals surface area contributed by atoms with E-state index in [0.29, 0.717) is 21.5 Å². The second-order valence-corrected chi connectivity index (χ2v) is 5.52. The van der Waals surface area contributed by atoms with E-state index in [9.17, 15) is 4.79 Å². The van der Waals surface area contributed by atoms with Gasteiger partial charge >= 0.3 is 0 Å². The summed E-state index contributed by atoms with van der Waals surface area (Å²) in [5.41, 5.74) is 0.679. The molecule has 0 bridgehead atoms. The van der Waals surface area contributed by atoms with Crippen molar-refractivity contribution in [1.82, 2.24) is 0 Å². The Labute approximate surface area is 142 Å². The monoisotopic (exact) mass is 347 g/mol. The second kappa shape index (κ2) is 6.77. The zero-order valence-electron chi connectivity index (χ0n) is 11.8. The smallest absolute Gasteiger partial charge is 0.291 e. The normalized spacial score (nSPS) is 10.3. The van der Waals surface area contributed by atoms with Gasteiger partial charge in [0.2, 0.25) is 0 Å². The van der Waals surface area contributed by atoms with Crippen LogP contribution in [-0.4, -0.2) is 5.91 Å². The first kappa shape index (κ1) is 15.5. The summed E-state index contributed by atoms with van der Waals surface area (Å²) in [5.74, 6) is 0.362. The number of amides is 1. The number of carbonyl (C=O) groups excluding carboxylic acids is 1. The molecule has 1 heterocycles. The molecule has 0 saturated heterocycles. The van der Waals surface area contributed by atoms with Gasteiger partial charge < -0.3 is 14.5 Å². The SMILES string of the molecule is O=C(Nc1ccccc1)c1ccc(Oc2cc(Cl)cc(Cl)c2)o1. The van der Waals surface area contributed by atoms with E-state index in [0.717, 1.165) is 0 Å². The summed E-state index contributed by atoms with van der Waals surface area (Å²) in [7, 11) is 0. The first-order valence-corrected chi connectivity index (χ1v) is 7.46. The molecule has 0 radical (unpaired) electrons. The Morgan fingerprint density at radius 3 is 2.35 bits per heavy atom. The quantitative estimate of drug-likeness (QED) is 0.665. The van der Waals surface area contributed by atoms with Crippen LogP contribution in [0.25, 0.3) is 0 Å². The molecule has 0 aliphatic carbocycles. The summed E-state index contributed by atoms with van der Waals surface area (Å²) in [4.78, 5) is 12.1. The standard InChI is InChI=1S/C17H11Cl2NO3/c18-11-8-12(19)10-14(9-11)22-16-7-6-15(23-16)17(21)20-13-4-2-1-3-5-13/h1-10H,(H,20,21). The summed E-state index contributed by atoms with van der Waals surface area (Å²) >= 11 is 11.8. The third-order valence-electron chi connectivity index (χ3n) is 2.89. The zero-order valence-corrected chi connectivity index (χ0v) is 13.3. The summed E-state index contributed by atoms with van der Waals surface area (Å²) in [6, 6.07) is 17.0. The van der Waals surface area contributed by atoms with E-state index in [1.807, 2.05) is 18.2 Å². The minimum atomic E-state index is -0.366. The number of hydrogen-bond donors (Lipinski definition) is 1. The van der Waals surface area contributed by atoms with Crippen molar-refractivity contribution in [1.29, 1.82) is 0 Å². The third-order valence-corrected chi connectivity index (χ3v) is 3.33. The Hall–Kier alpha value is -2.43. The van der Waals surface area contributed by atoms with E-state index < -0.39 is 0 Å². The minimum absolute atomic E-state index is 0.136. The van der Waals surface area contributed by atoms with Gasteiger partial charge in [-0.3, -0.25) is 4.79 Å². The highest BCUT2D eigenvalue weighted by molar-refractivity contribution is 6.34. The van der Waals surface area contributed by atoms with Crippen LogP contribution in [0.2, 0.25) is 10.0 Å². The number of furan rings is 1. The number of ether oxygens (including phenoxy) is 1. The van der Waals surface area contributed by atoms with Crippen LogP contribution in [0.15, 0.2) is 65.1 Å². The Balaban J connectivity index is 1.71. The van der Waals surface area contributed by atoms with Crippen molar-refractivity contribution in [3.63, 3.8) is 0 Å². The fraction of sp³-hybridized carbons (Fsp3) is 0. The van der Waals surface area contributed by atoms with Gasteiger partial charge in [0.25, 0.3) is 11.9 Å². The number of para-hydroxylation sites is 1. The highest BCUT2D eigenvalue weighted by atomic mass is 35.5. The highest BCUT2D eigenvalue weighted by Crippen LogP contribution is 2.29.